The van der Waals surface area contributed by atoms with Gasteiger partial charge >= 0.3 is 5.97 Å². The molecule has 1 atom stereocenters. The molecule has 1 heterocycles. The Hall–Kier alpha value is -3.49. The van der Waals surface area contributed by atoms with E-state index in [1.165, 1.54) is 31.4 Å². The number of nitrogens with one attached hydrogen (secondary N) is 1. The van der Waals surface area contributed by atoms with E-state index in [1.807, 2.05) is 66.2 Å². The molecule has 8 heteroatoms. The average molecular weight is 436 g/mol. The lowest BCUT2D eigenvalue weighted by atomic mass is 10.1. The third-order valence-electron chi connectivity index (χ3n) is 5.07. The van der Waals surface area contributed by atoms with Gasteiger partial charge in [0.05, 0.1) is 28.6 Å². The van der Waals surface area contributed by atoms with Gasteiger partial charge in [0.1, 0.15) is 11.9 Å². The number of aryl methyl sites for hydroxylation is 1. The van der Waals surface area contributed by atoms with E-state index in [0.717, 1.165) is 16.6 Å². The molecule has 7 nitrogen and oxygen atoms in total. The van der Waals surface area contributed by atoms with Gasteiger partial charge in [-0.2, -0.15) is 4.72 Å². The summed E-state index contributed by atoms with van der Waals surface area (Å²) >= 11 is 0. The van der Waals surface area contributed by atoms with E-state index in [9.17, 15) is 13.2 Å². The summed E-state index contributed by atoms with van der Waals surface area (Å²) in [4.78, 5) is 16.4. The van der Waals surface area contributed by atoms with Crippen LogP contribution in [0, 0.1) is 0 Å². The molecule has 1 aromatic heterocycles. The normalized spacial score (nSPS) is 12.6. The van der Waals surface area contributed by atoms with Crippen molar-refractivity contribution in [3.8, 4) is 0 Å². The molecule has 0 aliphatic heterocycles. The zero-order chi connectivity index (χ0) is 22.0. The number of carbonyl (C=O) groups is 1. The number of benzene rings is 3. The van der Waals surface area contributed by atoms with Crippen LogP contribution in [0.25, 0.3) is 11.0 Å². The van der Waals surface area contributed by atoms with Gasteiger partial charge < -0.3 is 9.30 Å². The summed E-state index contributed by atoms with van der Waals surface area (Å²) in [6.07, 6.45) is 0. The maximum absolute atomic E-state index is 13.2. The first-order valence-corrected chi connectivity index (χ1v) is 11.1. The molecule has 0 radical (unpaired) electrons. The number of methoxy groups -OCH3 is 1. The van der Waals surface area contributed by atoms with Crippen molar-refractivity contribution < 1.29 is 17.9 Å². The lowest BCUT2D eigenvalue weighted by molar-refractivity contribution is 0.0600. The Bertz CT molecular complexity index is 1330. The topological polar surface area (TPSA) is 90.3 Å². The monoisotopic (exact) mass is 435 g/mol. The lowest BCUT2D eigenvalue weighted by Crippen LogP contribution is -2.31. The highest BCUT2D eigenvalue weighted by atomic mass is 32.2. The second-order valence-electron chi connectivity index (χ2n) is 7.00. The van der Waals surface area contributed by atoms with E-state index in [2.05, 4.69) is 9.46 Å². The fraction of sp³-hybridized carbons (Fsp3) is 0.130. The maximum Gasteiger partial charge on any atom is 0.337 e. The van der Waals surface area contributed by atoms with Crippen molar-refractivity contribution in [1.29, 1.82) is 0 Å². The van der Waals surface area contributed by atoms with E-state index in [1.54, 1.807) is 0 Å². The van der Waals surface area contributed by atoms with E-state index < -0.39 is 22.0 Å². The number of hydrogen-bond acceptors (Lipinski definition) is 5. The van der Waals surface area contributed by atoms with Crippen LogP contribution in [-0.4, -0.2) is 31.0 Å². The Morgan fingerprint density at radius 3 is 2.26 bits per heavy atom. The minimum absolute atomic E-state index is 0.0415. The summed E-state index contributed by atoms with van der Waals surface area (Å²) in [5, 5.41) is 0. The smallest absolute Gasteiger partial charge is 0.337 e. The Balaban J connectivity index is 1.76. The van der Waals surface area contributed by atoms with Crippen molar-refractivity contribution in [2.24, 2.45) is 7.05 Å². The standard InChI is InChI=1S/C23H21N3O4S/c1-26-20-11-7-6-10-19(20)24-22(26)21(16-8-4-3-5-9-16)25-31(28,29)18-14-12-17(13-15-18)23(27)30-2/h3-15,21,25H,1-2H3. The molecular formula is C23H21N3O4S. The summed E-state index contributed by atoms with van der Waals surface area (Å²) in [7, 11) is -0.780. The summed E-state index contributed by atoms with van der Waals surface area (Å²) < 4.78 is 35.7. The summed E-state index contributed by atoms with van der Waals surface area (Å²) in [5.41, 5.74) is 2.72. The van der Waals surface area contributed by atoms with Crippen LogP contribution in [0.15, 0.2) is 83.8 Å². The van der Waals surface area contributed by atoms with Gasteiger partial charge in [0.2, 0.25) is 10.0 Å². The van der Waals surface area contributed by atoms with Gasteiger partial charge in [0.15, 0.2) is 0 Å². The summed E-state index contributed by atoms with van der Waals surface area (Å²) in [5.74, 6) is 0.0425. The highest BCUT2D eigenvalue weighted by Crippen LogP contribution is 2.27. The molecule has 0 fully saturated rings. The van der Waals surface area contributed by atoms with Gasteiger partial charge in [-0.3, -0.25) is 0 Å². The number of nitrogens with zero attached hydrogens (tertiary/aromatic N) is 2. The Labute approximate surface area is 180 Å². The lowest BCUT2D eigenvalue weighted by Gasteiger charge is -2.19. The van der Waals surface area contributed by atoms with Crippen LogP contribution < -0.4 is 4.72 Å². The quantitative estimate of drug-likeness (QED) is 0.469. The fourth-order valence-corrected chi connectivity index (χ4v) is 4.63. The van der Waals surface area contributed by atoms with Gasteiger partial charge in [-0.25, -0.2) is 18.2 Å². The predicted octanol–water partition coefficient (Wildman–Crippen LogP) is 3.43. The van der Waals surface area contributed by atoms with Gasteiger partial charge in [0, 0.05) is 7.05 Å². The number of para-hydroxylation sites is 2. The van der Waals surface area contributed by atoms with Gasteiger partial charge in [-0.1, -0.05) is 42.5 Å². The van der Waals surface area contributed by atoms with Crippen LogP contribution in [0.5, 0.6) is 0 Å². The van der Waals surface area contributed by atoms with Gasteiger partial charge in [-0.15, -0.1) is 0 Å². The van der Waals surface area contributed by atoms with Crippen LogP contribution in [0.2, 0.25) is 0 Å². The SMILES string of the molecule is COC(=O)c1ccc(S(=O)(=O)NC(c2ccccc2)c2nc3ccccc3n2C)cc1. The van der Waals surface area contributed by atoms with Crippen LogP contribution >= 0.6 is 0 Å². The van der Waals surface area contributed by atoms with Crippen molar-refractivity contribution >= 4 is 27.0 Å². The van der Waals surface area contributed by atoms with E-state index in [0.29, 0.717) is 5.82 Å². The van der Waals surface area contributed by atoms with Crippen LogP contribution in [-0.2, 0) is 21.8 Å². The first kappa shape index (κ1) is 20.8. The zero-order valence-corrected chi connectivity index (χ0v) is 17.8. The van der Waals surface area contributed by atoms with E-state index in [-0.39, 0.29) is 10.5 Å². The Morgan fingerprint density at radius 1 is 0.968 bits per heavy atom. The molecule has 31 heavy (non-hydrogen) atoms. The molecule has 1 N–H and O–H groups in total. The number of fused-ring (bicyclic) bond motifs is 1. The second-order valence-corrected chi connectivity index (χ2v) is 8.71. The third kappa shape index (κ3) is 4.08. The number of esters is 1. The van der Waals surface area contributed by atoms with Crippen molar-refractivity contribution in [1.82, 2.24) is 14.3 Å². The van der Waals surface area contributed by atoms with Crippen molar-refractivity contribution in [2.45, 2.75) is 10.9 Å². The number of imidazole rings is 1. The van der Waals surface area contributed by atoms with Crippen LogP contribution in [0.4, 0.5) is 0 Å². The zero-order valence-electron chi connectivity index (χ0n) is 17.0. The fourth-order valence-electron chi connectivity index (χ4n) is 3.45. The van der Waals surface area contributed by atoms with Gasteiger partial charge in [0.25, 0.3) is 0 Å². The van der Waals surface area contributed by atoms with E-state index in [4.69, 9.17) is 4.98 Å². The molecule has 0 amide bonds. The molecule has 3 aromatic carbocycles. The molecule has 0 spiro atoms. The summed E-state index contributed by atoms with van der Waals surface area (Å²) in [6, 6.07) is 21.8. The first-order chi connectivity index (χ1) is 14.9. The minimum Gasteiger partial charge on any atom is -0.465 e. The van der Waals surface area contributed by atoms with Crippen LogP contribution in [0.1, 0.15) is 27.8 Å². The third-order valence-corrected chi connectivity index (χ3v) is 6.51. The molecule has 0 bridgehead atoms. The molecule has 4 aromatic rings. The molecular weight excluding hydrogens is 414 g/mol. The highest BCUT2D eigenvalue weighted by molar-refractivity contribution is 7.89. The maximum atomic E-state index is 13.2. The Morgan fingerprint density at radius 2 is 1.61 bits per heavy atom. The van der Waals surface area contributed by atoms with Crippen molar-refractivity contribution in [3.05, 3.63) is 95.8 Å². The van der Waals surface area contributed by atoms with Crippen molar-refractivity contribution in [3.63, 3.8) is 0 Å². The van der Waals surface area contributed by atoms with Crippen molar-refractivity contribution in [2.75, 3.05) is 7.11 Å². The predicted molar refractivity (Wildman–Crippen MR) is 117 cm³/mol. The number of sulfonamides is 1. The number of ether oxygens (including phenoxy) is 1. The first-order valence-electron chi connectivity index (χ1n) is 9.58. The second kappa shape index (κ2) is 8.33. The minimum atomic E-state index is -3.91. The highest BCUT2D eigenvalue weighted by Gasteiger charge is 2.27. The number of carbonyl (C=O) groups excluding carboxylic acids is 1. The molecule has 0 saturated carbocycles. The Kier molecular flexibility index (Phi) is 5.58. The number of hydrogen-bond donors (Lipinski definition) is 1. The van der Waals surface area contributed by atoms with E-state index >= 15 is 0 Å². The molecule has 4 rings (SSSR count). The van der Waals surface area contributed by atoms with Crippen LogP contribution in [0.3, 0.4) is 0 Å². The number of aromatic nitrogens is 2. The summed E-state index contributed by atoms with van der Waals surface area (Å²) in [6.45, 7) is 0. The molecule has 0 aliphatic rings. The average Bonchev–Trinajstić information content (AvgIpc) is 3.14. The molecule has 1 unspecified atom stereocenters. The number of rotatable bonds is 6. The van der Waals surface area contributed by atoms with Gasteiger partial charge in [-0.05, 0) is 42.0 Å². The molecule has 0 saturated heterocycles. The molecule has 158 valence electrons. The largest absolute Gasteiger partial charge is 0.465 e. The molecule has 0 aliphatic carbocycles.